The van der Waals surface area contributed by atoms with Crippen LogP contribution in [-0.4, -0.2) is 38.9 Å². The molecule has 0 aliphatic rings. The quantitative estimate of drug-likeness (QED) is 0.402. The third-order valence-corrected chi connectivity index (χ3v) is 3.95. The maximum absolute atomic E-state index is 12.3. The molecule has 0 spiro atoms. The van der Waals surface area contributed by atoms with Gasteiger partial charge in [0, 0.05) is 48.5 Å². The van der Waals surface area contributed by atoms with Gasteiger partial charge in [-0.3, -0.25) is 14.5 Å². The van der Waals surface area contributed by atoms with E-state index in [1.54, 1.807) is 29.3 Å². The van der Waals surface area contributed by atoms with Crippen molar-refractivity contribution in [1.29, 1.82) is 0 Å². The van der Waals surface area contributed by atoms with Crippen LogP contribution in [0.3, 0.4) is 0 Å². The van der Waals surface area contributed by atoms with Crippen LogP contribution in [0, 0.1) is 0 Å². The number of amides is 1. The van der Waals surface area contributed by atoms with Gasteiger partial charge in [0.1, 0.15) is 11.3 Å². The minimum Gasteiger partial charge on any atom is -0.507 e. The van der Waals surface area contributed by atoms with Crippen molar-refractivity contribution < 1.29 is 19.4 Å². The number of nitrogens with one attached hydrogen (secondary N) is 1. The van der Waals surface area contributed by atoms with Gasteiger partial charge in [0.2, 0.25) is 5.91 Å². The molecule has 8 nitrogen and oxygen atoms in total. The molecule has 142 valence electrons. The number of aromatic hydroxyl groups is 1. The molecule has 1 aromatic carbocycles. The standard InChI is InChI=1S/C20H18N4O4/c1-24-12-14(11-22-24)16-7-8-21-10-13(16)3-6-19(26)23-15-4-5-18(25)17(9-15)20(27)28-2/h3-12,25H,1-2H3,(H,23,26)/b6-3+. The molecule has 1 amide bonds. The first kappa shape index (κ1) is 18.8. The number of phenols is 1. The Morgan fingerprint density at radius 2 is 2.07 bits per heavy atom. The fourth-order valence-electron chi connectivity index (χ4n) is 2.60. The number of aromatic nitrogens is 3. The largest absolute Gasteiger partial charge is 0.507 e. The molecule has 0 saturated heterocycles. The van der Waals surface area contributed by atoms with Crippen molar-refractivity contribution in [2.45, 2.75) is 0 Å². The van der Waals surface area contributed by atoms with Gasteiger partial charge in [-0.2, -0.15) is 5.10 Å². The molecular weight excluding hydrogens is 360 g/mol. The number of anilines is 1. The zero-order valence-corrected chi connectivity index (χ0v) is 15.3. The summed E-state index contributed by atoms with van der Waals surface area (Å²) >= 11 is 0. The number of ether oxygens (including phenoxy) is 1. The number of rotatable bonds is 5. The topological polar surface area (TPSA) is 106 Å². The van der Waals surface area contributed by atoms with Gasteiger partial charge in [-0.15, -0.1) is 0 Å². The van der Waals surface area contributed by atoms with E-state index in [0.717, 1.165) is 16.7 Å². The zero-order chi connectivity index (χ0) is 20.1. The Morgan fingerprint density at radius 3 is 2.79 bits per heavy atom. The molecule has 0 aliphatic carbocycles. The van der Waals surface area contributed by atoms with E-state index in [0.29, 0.717) is 5.69 Å². The second-order valence-corrected chi connectivity index (χ2v) is 5.91. The van der Waals surface area contributed by atoms with E-state index in [1.165, 1.54) is 31.4 Å². The van der Waals surface area contributed by atoms with E-state index < -0.39 is 11.9 Å². The highest BCUT2D eigenvalue weighted by Crippen LogP contribution is 2.24. The van der Waals surface area contributed by atoms with Gasteiger partial charge in [-0.05, 0) is 35.9 Å². The van der Waals surface area contributed by atoms with Gasteiger partial charge in [0.15, 0.2) is 0 Å². The molecule has 0 unspecified atom stereocenters. The molecule has 28 heavy (non-hydrogen) atoms. The zero-order valence-electron chi connectivity index (χ0n) is 15.3. The number of aryl methyl sites for hydroxylation is 1. The SMILES string of the molecule is COC(=O)c1cc(NC(=O)/C=C/c2cnccc2-c2cnn(C)c2)ccc1O. The molecule has 2 heterocycles. The van der Waals surface area contributed by atoms with Gasteiger partial charge in [-0.1, -0.05) is 0 Å². The third-order valence-electron chi connectivity index (χ3n) is 3.95. The summed E-state index contributed by atoms with van der Waals surface area (Å²) in [6, 6.07) is 5.99. The normalized spacial score (nSPS) is 10.8. The number of nitrogens with zero attached hydrogens (tertiary/aromatic N) is 3. The summed E-state index contributed by atoms with van der Waals surface area (Å²) in [4.78, 5) is 28.0. The van der Waals surface area contributed by atoms with E-state index >= 15 is 0 Å². The molecule has 3 rings (SSSR count). The second-order valence-electron chi connectivity index (χ2n) is 5.91. The van der Waals surface area contributed by atoms with E-state index in [9.17, 15) is 14.7 Å². The summed E-state index contributed by atoms with van der Waals surface area (Å²) < 4.78 is 6.29. The maximum atomic E-state index is 12.3. The average molecular weight is 378 g/mol. The molecule has 8 heteroatoms. The van der Waals surface area contributed by atoms with E-state index in [1.807, 2.05) is 19.3 Å². The lowest BCUT2D eigenvalue weighted by molar-refractivity contribution is -0.111. The molecule has 0 fully saturated rings. The fourth-order valence-corrected chi connectivity index (χ4v) is 2.60. The number of pyridine rings is 1. The van der Waals surface area contributed by atoms with Gasteiger partial charge in [0.05, 0.1) is 13.3 Å². The molecule has 0 radical (unpaired) electrons. The first-order valence-electron chi connectivity index (χ1n) is 8.31. The Hall–Kier alpha value is -3.94. The summed E-state index contributed by atoms with van der Waals surface area (Å²) in [5.74, 6) is -1.32. The Labute approximate surface area is 161 Å². The van der Waals surface area contributed by atoms with Gasteiger partial charge < -0.3 is 15.2 Å². The lowest BCUT2D eigenvalue weighted by atomic mass is 10.0. The van der Waals surface area contributed by atoms with E-state index in [-0.39, 0.29) is 11.3 Å². The van der Waals surface area contributed by atoms with Crippen LogP contribution >= 0.6 is 0 Å². The Kier molecular flexibility index (Phi) is 5.50. The second kappa shape index (κ2) is 8.17. The highest BCUT2D eigenvalue weighted by Gasteiger charge is 2.13. The van der Waals surface area contributed by atoms with Crippen LogP contribution in [0.25, 0.3) is 17.2 Å². The molecule has 0 saturated carbocycles. The van der Waals surface area contributed by atoms with Crippen molar-refractivity contribution >= 4 is 23.6 Å². The van der Waals surface area contributed by atoms with Crippen molar-refractivity contribution in [3.63, 3.8) is 0 Å². The van der Waals surface area contributed by atoms with Crippen LogP contribution in [0.1, 0.15) is 15.9 Å². The molecular formula is C20H18N4O4. The monoisotopic (exact) mass is 378 g/mol. The highest BCUT2D eigenvalue weighted by atomic mass is 16.5. The summed E-state index contributed by atoms with van der Waals surface area (Å²) in [5.41, 5.74) is 2.88. The van der Waals surface area contributed by atoms with Crippen molar-refractivity contribution in [3.05, 3.63) is 66.3 Å². The minimum atomic E-state index is -0.694. The van der Waals surface area contributed by atoms with Crippen molar-refractivity contribution in [3.8, 4) is 16.9 Å². The number of carbonyl (C=O) groups is 2. The van der Waals surface area contributed by atoms with Crippen molar-refractivity contribution in [1.82, 2.24) is 14.8 Å². The Balaban J connectivity index is 1.78. The van der Waals surface area contributed by atoms with Crippen LogP contribution in [0.4, 0.5) is 5.69 Å². The first-order chi connectivity index (χ1) is 13.5. The van der Waals surface area contributed by atoms with Crippen LogP contribution < -0.4 is 5.32 Å². The van der Waals surface area contributed by atoms with Crippen LogP contribution in [0.15, 0.2) is 55.1 Å². The van der Waals surface area contributed by atoms with E-state index in [2.05, 4.69) is 20.1 Å². The van der Waals surface area contributed by atoms with E-state index in [4.69, 9.17) is 0 Å². The Bertz CT molecular complexity index is 1060. The summed E-state index contributed by atoms with van der Waals surface area (Å²) in [7, 11) is 3.04. The molecule has 0 aliphatic heterocycles. The van der Waals surface area contributed by atoms with Crippen LogP contribution in [0.5, 0.6) is 5.75 Å². The lowest BCUT2D eigenvalue weighted by Gasteiger charge is -2.07. The number of benzene rings is 1. The smallest absolute Gasteiger partial charge is 0.341 e. The third kappa shape index (κ3) is 4.24. The van der Waals surface area contributed by atoms with Crippen LogP contribution in [-0.2, 0) is 16.6 Å². The predicted octanol–water partition coefficient (Wildman–Crippen LogP) is 2.63. The number of methoxy groups -OCH3 is 1. The van der Waals surface area contributed by atoms with Gasteiger partial charge in [-0.25, -0.2) is 4.79 Å². The summed E-state index contributed by atoms with van der Waals surface area (Å²) in [6.45, 7) is 0. The maximum Gasteiger partial charge on any atom is 0.341 e. The van der Waals surface area contributed by atoms with Gasteiger partial charge in [0.25, 0.3) is 0 Å². The minimum absolute atomic E-state index is 0.0320. The van der Waals surface area contributed by atoms with Gasteiger partial charge >= 0.3 is 5.97 Å². The molecule has 2 aromatic heterocycles. The average Bonchev–Trinajstić information content (AvgIpc) is 3.13. The number of hydrogen-bond donors (Lipinski definition) is 2. The fraction of sp³-hybridized carbons (Fsp3) is 0.100. The summed E-state index contributed by atoms with van der Waals surface area (Å²) in [6.07, 6.45) is 9.94. The predicted molar refractivity (Wildman–Crippen MR) is 104 cm³/mol. The number of hydrogen-bond acceptors (Lipinski definition) is 6. The molecule has 0 bridgehead atoms. The van der Waals surface area contributed by atoms with Crippen molar-refractivity contribution in [2.75, 3.05) is 12.4 Å². The first-order valence-corrected chi connectivity index (χ1v) is 8.31. The summed E-state index contributed by atoms with van der Waals surface area (Å²) in [5, 5.41) is 16.5. The molecule has 3 aromatic rings. The molecule has 2 N–H and O–H groups in total. The Morgan fingerprint density at radius 1 is 1.25 bits per heavy atom. The van der Waals surface area contributed by atoms with Crippen LogP contribution in [0.2, 0.25) is 0 Å². The number of esters is 1. The highest BCUT2D eigenvalue weighted by molar-refractivity contribution is 6.03. The lowest BCUT2D eigenvalue weighted by Crippen LogP contribution is -2.09. The number of carbonyl (C=O) groups excluding carboxylic acids is 2. The number of phenolic OH excluding ortho intramolecular Hbond substituents is 1. The molecule has 0 atom stereocenters. The van der Waals surface area contributed by atoms with Crippen molar-refractivity contribution in [2.24, 2.45) is 7.05 Å².